The van der Waals surface area contributed by atoms with Gasteiger partial charge in [0.25, 0.3) is 0 Å². The summed E-state index contributed by atoms with van der Waals surface area (Å²) < 4.78 is 33.8. The molecule has 2 aliphatic heterocycles. The van der Waals surface area contributed by atoms with E-state index in [9.17, 15) is 13.2 Å². The Kier molecular flexibility index (Phi) is 2.49. The monoisotopic (exact) mass is 247 g/mol. The van der Waals surface area contributed by atoms with Crippen molar-refractivity contribution < 1.29 is 22.0 Å². The van der Waals surface area contributed by atoms with Gasteiger partial charge in [0.05, 0.1) is 12.6 Å². The van der Waals surface area contributed by atoms with E-state index >= 15 is 0 Å². The minimum Gasteiger partial charge on any atom is -0.290 e. The van der Waals surface area contributed by atoms with Gasteiger partial charge in [-0.05, 0) is 6.42 Å². The second-order valence-corrected chi connectivity index (χ2v) is 4.61. The Morgan fingerprint density at radius 1 is 1.50 bits per heavy atom. The van der Waals surface area contributed by atoms with Crippen LogP contribution in [0.15, 0.2) is 0 Å². The molecule has 8 nitrogen and oxygen atoms in total. The lowest BCUT2D eigenvalue weighted by atomic mass is 10.1. The molecule has 9 heteroatoms. The Morgan fingerprint density at radius 2 is 2.19 bits per heavy atom. The molecule has 0 aromatic rings. The zero-order chi connectivity index (χ0) is 11.9. The molecular weight excluding hydrogens is 238 g/mol. The highest BCUT2D eigenvalue weighted by molar-refractivity contribution is 7.80. The van der Waals surface area contributed by atoms with Crippen molar-refractivity contribution in [3.05, 3.63) is 11.4 Å². The van der Waals surface area contributed by atoms with Crippen LogP contribution in [0.4, 0.5) is 4.79 Å². The number of hydrogen-bond acceptors (Lipinski definition) is 4. The first kappa shape index (κ1) is 11.1. The quantitative estimate of drug-likeness (QED) is 0.542. The van der Waals surface area contributed by atoms with Gasteiger partial charge in [0, 0.05) is 6.42 Å². The topological polar surface area (TPSA) is 91.5 Å². The van der Waals surface area contributed by atoms with Crippen LogP contribution in [-0.4, -0.2) is 47.7 Å². The molecule has 16 heavy (non-hydrogen) atoms. The first-order valence-electron chi connectivity index (χ1n) is 4.56. The van der Waals surface area contributed by atoms with Crippen molar-refractivity contribution in [2.24, 2.45) is 0 Å². The van der Waals surface area contributed by atoms with Crippen LogP contribution in [0.5, 0.6) is 0 Å². The Morgan fingerprint density at radius 3 is 2.75 bits per heavy atom. The molecule has 2 heterocycles. The number of amides is 2. The van der Waals surface area contributed by atoms with Crippen LogP contribution in [0.1, 0.15) is 12.8 Å². The number of piperidine rings is 1. The predicted octanol–water partition coefficient (Wildman–Crippen LogP) is -0.134. The molecule has 0 spiro atoms. The average molecular weight is 247 g/mol. The molecule has 2 rings (SSSR count). The van der Waals surface area contributed by atoms with Gasteiger partial charge in [-0.1, -0.05) is 0 Å². The summed E-state index contributed by atoms with van der Waals surface area (Å²) in [6.07, 6.45) is 0.384. The molecule has 0 aliphatic carbocycles. The summed E-state index contributed by atoms with van der Waals surface area (Å²) in [5, 5.41) is 0.626. The summed E-state index contributed by atoms with van der Waals surface area (Å²) in [7, 11) is -4.70. The van der Waals surface area contributed by atoms with Crippen molar-refractivity contribution in [3.8, 4) is 0 Å². The molecule has 2 atom stereocenters. The lowest BCUT2D eigenvalue weighted by Gasteiger charge is -2.21. The molecule has 2 saturated heterocycles. The predicted molar refractivity (Wildman–Crippen MR) is 50.0 cm³/mol. The highest BCUT2D eigenvalue weighted by atomic mass is 32.3. The minimum atomic E-state index is -4.70. The standard InChI is InChI=1S/C7H9N3O5S/c1-8-6-3-2-5-4-9(6)7(11)10(5)15-16(12,13)14/h5-6H,2-4H2,(H,12,13,14)/t5-,6+/m1/s1. The third kappa shape index (κ3) is 1.82. The fourth-order valence-electron chi connectivity index (χ4n) is 1.95. The second-order valence-electron chi connectivity index (χ2n) is 3.60. The summed E-state index contributed by atoms with van der Waals surface area (Å²) in [6.45, 7) is 7.14. The maximum absolute atomic E-state index is 11.6. The van der Waals surface area contributed by atoms with Gasteiger partial charge in [-0.2, -0.15) is 13.5 Å². The smallest absolute Gasteiger partial charge is 0.290 e. The fourth-order valence-corrected chi connectivity index (χ4v) is 2.33. The SMILES string of the molecule is [C-]#[N+][C@@H]1CC[C@@H]2CN1C(=O)N2OS(=O)(=O)O. The molecule has 0 radical (unpaired) electrons. The van der Waals surface area contributed by atoms with Crippen LogP contribution < -0.4 is 0 Å². The van der Waals surface area contributed by atoms with Crippen LogP contribution in [0, 0.1) is 6.57 Å². The number of urea groups is 1. The van der Waals surface area contributed by atoms with Crippen LogP contribution >= 0.6 is 0 Å². The number of fused-ring (bicyclic) bond motifs is 2. The van der Waals surface area contributed by atoms with Crippen molar-refractivity contribution in [2.75, 3.05) is 6.54 Å². The van der Waals surface area contributed by atoms with E-state index in [0.717, 1.165) is 0 Å². The summed E-state index contributed by atoms with van der Waals surface area (Å²) in [5.41, 5.74) is 0. The third-order valence-corrected chi connectivity index (χ3v) is 2.96. The lowest BCUT2D eigenvalue weighted by Crippen LogP contribution is -2.37. The molecule has 2 amide bonds. The van der Waals surface area contributed by atoms with E-state index in [2.05, 4.69) is 9.13 Å². The van der Waals surface area contributed by atoms with E-state index in [1.54, 1.807) is 0 Å². The van der Waals surface area contributed by atoms with Crippen LogP contribution in [0.3, 0.4) is 0 Å². The van der Waals surface area contributed by atoms with Gasteiger partial charge < -0.3 is 0 Å². The van der Waals surface area contributed by atoms with Gasteiger partial charge >= 0.3 is 22.6 Å². The van der Waals surface area contributed by atoms with Gasteiger partial charge in [-0.15, -0.1) is 4.28 Å². The first-order chi connectivity index (χ1) is 7.42. The molecule has 2 aliphatic rings. The van der Waals surface area contributed by atoms with Gasteiger partial charge in [0.2, 0.25) is 0 Å². The molecule has 88 valence electrons. The minimum absolute atomic E-state index is 0.251. The lowest BCUT2D eigenvalue weighted by molar-refractivity contribution is -0.0316. The largest absolute Gasteiger partial charge is 0.418 e. The number of rotatable bonds is 2. The Balaban J connectivity index is 2.20. The third-order valence-electron chi connectivity index (χ3n) is 2.61. The van der Waals surface area contributed by atoms with E-state index in [4.69, 9.17) is 11.1 Å². The molecule has 0 unspecified atom stereocenters. The van der Waals surface area contributed by atoms with Gasteiger partial charge in [0.15, 0.2) is 0 Å². The maximum atomic E-state index is 11.6. The number of carbonyl (C=O) groups excluding carboxylic acids is 1. The van der Waals surface area contributed by atoms with Crippen LogP contribution in [-0.2, 0) is 14.7 Å². The highest BCUT2D eigenvalue weighted by Crippen LogP contribution is 2.30. The summed E-state index contributed by atoms with van der Waals surface area (Å²) in [6, 6.07) is -1.12. The van der Waals surface area contributed by atoms with Crippen LogP contribution in [0.2, 0.25) is 0 Å². The second kappa shape index (κ2) is 3.58. The molecule has 0 saturated carbocycles. The van der Waals surface area contributed by atoms with E-state index in [1.165, 1.54) is 4.90 Å². The van der Waals surface area contributed by atoms with E-state index in [0.29, 0.717) is 17.9 Å². The Bertz CT molecular complexity index is 455. The van der Waals surface area contributed by atoms with E-state index in [1.807, 2.05) is 0 Å². The molecule has 2 bridgehead atoms. The zero-order valence-corrected chi connectivity index (χ0v) is 8.92. The molecule has 0 aromatic heterocycles. The number of hydrogen-bond donors (Lipinski definition) is 1. The van der Waals surface area contributed by atoms with Gasteiger partial charge in [0.1, 0.15) is 0 Å². The molecular formula is C7H9N3O5S. The van der Waals surface area contributed by atoms with E-state index < -0.39 is 28.6 Å². The Labute approximate surface area is 92.1 Å². The first-order valence-corrected chi connectivity index (χ1v) is 5.92. The van der Waals surface area contributed by atoms with E-state index in [-0.39, 0.29) is 6.54 Å². The molecule has 2 fully saturated rings. The summed E-state index contributed by atoms with van der Waals surface area (Å²) in [4.78, 5) is 16.2. The van der Waals surface area contributed by atoms with Gasteiger partial charge in [-0.3, -0.25) is 14.3 Å². The van der Waals surface area contributed by atoms with Gasteiger partial charge in [-0.25, -0.2) is 11.4 Å². The number of hydroxylamine groups is 2. The normalized spacial score (nSPS) is 29.4. The maximum Gasteiger partial charge on any atom is 0.418 e. The van der Waals surface area contributed by atoms with Crippen molar-refractivity contribution in [2.45, 2.75) is 25.0 Å². The van der Waals surface area contributed by atoms with Crippen molar-refractivity contribution >= 4 is 16.4 Å². The van der Waals surface area contributed by atoms with Crippen molar-refractivity contribution in [3.63, 3.8) is 0 Å². The zero-order valence-electron chi connectivity index (χ0n) is 8.11. The number of nitrogens with zero attached hydrogens (tertiary/aromatic N) is 3. The highest BCUT2D eigenvalue weighted by Gasteiger charge is 2.49. The average Bonchev–Trinajstić information content (AvgIpc) is 2.43. The molecule has 0 aromatic carbocycles. The van der Waals surface area contributed by atoms with Crippen molar-refractivity contribution in [1.82, 2.24) is 9.96 Å². The summed E-state index contributed by atoms with van der Waals surface area (Å²) in [5.74, 6) is 0. The fraction of sp³-hybridized carbons (Fsp3) is 0.714. The molecule has 1 N–H and O–H groups in total. The van der Waals surface area contributed by atoms with Crippen molar-refractivity contribution in [1.29, 1.82) is 0 Å². The summed E-state index contributed by atoms with van der Waals surface area (Å²) >= 11 is 0. The number of carbonyl (C=O) groups is 1. The van der Waals surface area contributed by atoms with Crippen LogP contribution in [0.25, 0.3) is 4.85 Å². The Hall–Kier alpha value is -1.37.